The molecular formula is C32H44N6O3. The molecule has 2 atom stereocenters. The van der Waals surface area contributed by atoms with Crippen LogP contribution in [-0.4, -0.2) is 64.6 Å². The van der Waals surface area contributed by atoms with E-state index >= 15 is 0 Å². The normalized spacial score (nSPS) is 15.8. The number of nitrogens with zero attached hydrogens (tertiary/aromatic N) is 3. The van der Waals surface area contributed by atoms with Gasteiger partial charge < -0.3 is 30.6 Å². The third-order valence-electron chi connectivity index (χ3n) is 7.73. The zero-order chi connectivity index (χ0) is 29.5. The average molecular weight is 561 g/mol. The van der Waals surface area contributed by atoms with Crippen molar-refractivity contribution in [3.63, 3.8) is 0 Å². The van der Waals surface area contributed by atoms with Gasteiger partial charge in [0.15, 0.2) is 5.82 Å². The van der Waals surface area contributed by atoms with Crippen molar-refractivity contribution in [3.8, 4) is 5.75 Å². The first-order valence-electron chi connectivity index (χ1n) is 14.5. The highest BCUT2D eigenvalue weighted by Crippen LogP contribution is 2.32. The van der Waals surface area contributed by atoms with Crippen LogP contribution in [0.15, 0.2) is 67.1 Å². The molecule has 0 saturated carbocycles. The number of benzene rings is 2. The van der Waals surface area contributed by atoms with Crippen LogP contribution < -0.4 is 21.1 Å². The van der Waals surface area contributed by atoms with Crippen LogP contribution in [-0.2, 0) is 21.5 Å². The van der Waals surface area contributed by atoms with Crippen molar-refractivity contribution in [2.75, 3.05) is 32.1 Å². The molecule has 0 radical (unpaired) electrons. The van der Waals surface area contributed by atoms with Gasteiger partial charge in [0.2, 0.25) is 5.91 Å². The first-order chi connectivity index (χ1) is 19.6. The fourth-order valence-electron chi connectivity index (χ4n) is 5.24. The van der Waals surface area contributed by atoms with Gasteiger partial charge in [-0.15, -0.1) is 0 Å². The van der Waals surface area contributed by atoms with Crippen molar-refractivity contribution in [2.24, 2.45) is 5.73 Å². The molecule has 0 spiro atoms. The highest BCUT2D eigenvalue weighted by atomic mass is 16.5. The zero-order valence-electron chi connectivity index (χ0n) is 24.7. The first kappa shape index (κ1) is 30.3. The van der Waals surface area contributed by atoms with Gasteiger partial charge in [-0.1, -0.05) is 42.5 Å². The van der Waals surface area contributed by atoms with Crippen molar-refractivity contribution in [2.45, 2.75) is 70.0 Å². The largest absolute Gasteiger partial charge is 0.497 e. The van der Waals surface area contributed by atoms with Crippen LogP contribution in [0.5, 0.6) is 5.75 Å². The molecule has 2 heterocycles. The number of amides is 2. The minimum atomic E-state index is -1.04. The fourth-order valence-corrected chi connectivity index (χ4v) is 5.24. The second kappa shape index (κ2) is 13.3. The summed E-state index contributed by atoms with van der Waals surface area (Å²) in [6.07, 6.45) is 7.72. The lowest BCUT2D eigenvalue weighted by Gasteiger charge is -2.34. The summed E-state index contributed by atoms with van der Waals surface area (Å²) in [5.41, 5.74) is 6.76. The van der Waals surface area contributed by atoms with Crippen LogP contribution in [0.3, 0.4) is 0 Å². The molecule has 220 valence electrons. The van der Waals surface area contributed by atoms with E-state index in [0.29, 0.717) is 18.8 Å². The maximum absolute atomic E-state index is 13.9. The molecule has 1 aliphatic heterocycles. The van der Waals surface area contributed by atoms with Gasteiger partial charge in [-0.3, -0.25) is 9.59 Å². The molecule has 9 nitrogen and oxygen atoms in total. The molecule has 2 amide bonds. The quantitative estimate of drug-likeness (QED) is 0.292. The lowest BCUT2D eigenvalue weighted by molar-refractivity contribution is -0.137. The molecule has 1 saturated heterocycles. The van der Waals surface area contributed by atoms with E-state index < -0.39 is 17.1 Å². The Morgan fingerprint density at radius 3 is 2.37 bits per heavy atom. The average Bonchev–Trinajstić information content (AvgIpc) is 3.67. The molecule has 2 aromatic carbocycles. The van der Waals surface area contributed by atoms with Crippen molar-refractivity contribution in [3.05, 3.63) is 78.2 Å². The summed E-state index contributed by atoms with van der Waals surface area (Å²) in [7, 11) is 1.62. The highest BCUT2D eigenvalue weighted by Gasteiger charge is 2.41. The lowest BCUT2D eigenvalue weighted by atomic mass is 9.90. The number of likely N-dealkylation sites (tertiary alicyclic amines) is 1. The predicted octanol–water partition coefficient (Wildman–Crippen LogP) is 3.93. The molecule has 4 N–H and O–H groups in total. The number of hydrogen-bond donors (Lipinski definition) is 3. The van der Waals surface area contributed by atoms with Gasteiger partial charge in [0, 0.05) is 31.4 Å². The lowest BCUT2D eigenvalue weighted by Crippen LogP contribution is -2.50. The number of carbonyl (C=O) groups is 2. The van der Waals surface area contributed by atoms with Crippen molar-refractivity contribution < 1.29 is 14.3 Å². The van der Waals surface area contributed by atoms with Gasteiger partial charge in [-0.2, -0.15) is 0 Å². The van der Waals surface area contributed by atoms with E-state index in [1.165, 1.54) is 5.56 Å². The Balaban J connectivity index is 1.52. The molecular weight excluding hydrogens is 516 g/mol. The number of aromatic nitrogens is 2. The van der Waals surface area contributed by atoms with E-state index in [1.54, 1.807) is 24.2 Å². The van der Waals surface area contributed by atoms with Crippen molar-refractivity contribution in [1.29, 1.82) is 0 Å². The first-order valence-corrected chi connectivity index (χ1v) is 14.5. The molecule has 3 aromatic rings. The minimum Gasteiger partial charge on any atom is -0.497 e. The number of ether oxygens (including phenoxy) is 1. The Hall–Kier alpha value is -3.69. The molecule has 0 aliphatic carbocycles. The molecule has 0 unspecified atom stereocenters. The number of anilines is 1. The standard InChI is InChI=1S/C32H44N6O3/c1-31(2,33)22-34-27(14-10-13-24-11-6-5-7-12-24)29(39)36-28-21-38(23-35-28)32(3,30(40)37-19-8-9-20-37)25-15-17-26(41-4)18-16-25/h5-7,11-12,15-18,21,23,27,34H,8-10,13-14,19-20,22,33H2,1-4H3,(H,36,39)/t27-,32-/m1/s1. The Morgan fingerprint density at radius 2 is 1.73 bits per heavy atom. The number of hydrogen-bond acceptors (Lipinski definition) is 6. The Morgan fingerprint density at radius 1 is 1.05 bits per heavy atom. The summed E-state index contributed by atoms with van der Waals surface area (Å²) < 4.78 is 7.13. The summed E-state index contributed by atoms with van der Waals surface area (Å²) in [6.45, 7) is 7.72. The number of carbonyl (C=O) groups excluding carboxylic acids is 2. The molecule has 9 heteroatoms. The van der Waals surface area contributed by atoms with Gasteiger partial charge in [-0.25, -0.2) is 4.98 Å². The molecule has 41 heavy (non-hydrogen) atoms. The van der Waals surface area contributed by atoms with Crippen LogP contribution in [0.4, 0.5) is 5.82 Å². The highest BCUT2D eigenvalue weighted by molar-refractivity contribution is 5.94. The van der Waals surface area contributed by atoms with E-state index in [-0.39, 0.29) is 11.8 Å². The topological polar surface area (TPSA) is 115 Å². The number of methoxy groups -OCH3 is 1. The van der Waals surface area contributed by atoms with E-state index in [2.05, 4.69) is 27.8 Å². The SMILES string of the molecule is COc1ccc([C@](C)(C(=O)N2CCCC2)n2cnc(NC(=O)[C@@H](CCCc3ccccc3)NCC(C)(C)N)c2)cc1. The predicted molar refractivity (Wildman–Crippen MR) is 162 cm³/mol. The smallest absolute Gasteiger partial charge is 0.253 e. The summed E-state index contributed by atoms with van der Waals surface area (Å²) in [5.74, 6) is 0.936. The fraction of sp³-hybridized carbons (Fsp3) is 0.469. The van der Waals surface area contributed by atoms with Crippen LogP contribution in [0.1, 0.15) is 57.6 Å². The third-order valence-corrected chi connectivity index (χ3v) is 7.73. The van der Waals surface area contributed by atoms with Gasteiger partial charge >= 0.3 is 0 Å². The van der Waals surface area contributed by atoms with E-state index in [4.69, 9.17) is 10.5 Å². The van der Waals surface area contributed by atoms with Crippen LogP contribution in [0.2, 0.25) is 0 Å². The van der Waals surface area contributed by atoms with Gasteiger partial charge in [0.1, 0.15) is 11.3 Å². The second-order valence-corrected chi connectivity index (χ2v) is 11.8. The summed E-state index contributed by atoms with van der Waals surface area (Å²) >= 11 is 0. The molecule has 1 aliphatic rings. The van der Waals surface area contributed by atoms with Crippen LogP contribution in [0, 0.1) is 0 Å². The second-order valence-electron chi connectivity index (χ2n) is 11.8. The van der Waals surface area contributed by atoms with Crippen molar-refractivity contribution in [1.82, 2.24) is 19.8 Å². The summed E-state index contributed by atoms with van der Waals surface area (Å²) in [6, 6.07) is 17.3. The van der Waals surface area contributed by atoms with Gasteiger partial charge in [0.05, 0.1) is 19.5 Å². The van der Waals surface area contributed by atoms with E-state index in [0.717, 1.165) is 50.1 Å². The van der Waals surface area contributed by atoms with Gasteiger partial charge in [0.25, 0.3) is 5.91 Å². The molecule has 1 aromatic heterocycles. The Bertz CT molecular complexity index is 1280. The molecule has 4 rings (SSSR count). The minimum absolute atomic E-state index is 0.000996. The summed E-state index contributed by atoms with van der Waals surface area (Å²) in [5, 5.41) is 6.33. The summed E-state index contributed by atoms with van der Waals surface area (Å²) in [4.78, 5) is 33.8. The third kappa shape index (κ3) is 7.74. The van der Waals surface area contributed by atoms with E-state index in [1.807, 2.05) is 68.1 Å². The van der Waals surface area contributed by atoms with Crippen LogP contribution >= 0.6 is 0 Å². The number of nitrogens with one attached hydrogen (secondary N) is 2. The molecule has 1 fully saturated rings. The number of imidazole rings is 1. The van der Waals surface area contributed by atoms with Crippen LogP contribution in [0.25, 0.3) is 0 Å². The molecule has 0 bridgehead atoms. The maximum atomic E-state index is 13.9. The Kier molecular flexibility index (Phi) is 9.83. The monoisotopic (exact) mass is 560 g/mol. The van der Waals surface area contributed by atoms with E-state index in [9.17, 15) is 9.59 Å². The zero-order valence-corrected chi connectivity index (χ0v) is 24.7. The maximum Gasteiger partial charge on any atom is 0.253 e. The number of nitrogens with two attached hydrogens (primary N) is 1. The Labute approximate surface area is 243 Å². The van der Waals surface area contributed by atoms with Crippen molar-refractivity contribution >= 4 is 17.6 Å². The van der Waals surface area contributed by atoms with Gasteiger partial charge in [-0.05, 0) is 76.1 Å². The number of rotatable bonds is 13. The number of aryl methyl sites for hydroxylation is 1.